The van der Waals surface area contributed by atoms with E-state index < -0.39 is 11.7 Å². The van der Waals surface area contributed by atoms with Crippen LogP contribution in [-0.2, 0) is 4.74 Å². The van der Waals surface area contributed by atoms with Crippen LogP contribution >= 0.6 is 0 Å². The second-order valence-corrected chi connectivity index (χ2v) is 9.08. The molecule has 2 aromatic heterocycles. The number of carbonyl (C=O) groups excluding carboxylic acids is 2. The molecule has 2 aliphatic rings. The predicted octanol–water partition coefficient (Wildman–Crippen LogP) is 2.87. The highest BCUT2D eigenvalue weighted by molar-refractivity contribution is 6.05. The molecule has 36 heavy (non-hydrogen) atoms. The number of aromatic nitrogens is 4. The Kier molecular flexibility index (Phi) is 6.90. The monoisotopic (exact) mass is 493 g/mol. The highest BCUT2D eigenvalue weighted by Gasteiger charge is 2.21. The summed E-state index contributed by atoms with van der Waals surface area (Å²) in [5.41, 5.74) is 2.66. The molecule has 2 fully saturated rings. The van der Waals surface area contributed by atoms with Crippen LogP contribution in [0.3, 0.4) is 0 Å². The van der Waals surface area contributed by atoms with Crippen LogP contribution in [0.1, 0.15) is 52.2 Å². The van der Waals surface area contributed by atoms with E-state index in [-0.39, 0.29) is 23.2 Å². The summed E-state index contributed by atoms with van der Waals surface area (Å²) in [6.07, 6.45) is 7.24. The van der Waals surface area contributed by atoms with Crippen LogP contribution in [0.15, 0.2) is 36.7 Å². The van der Waals surface area contributed by atoms with Crippen molar-refractivity contribution in [3.05, 3.63) is 59.4 Å². The molecule has 1 saturated heterocycles. The third-order valence-electron chi connectivity index (χ3n) is 6.50. The number of hydrogen-bond donors (Lipinski definition) is 2. The number of hydrogen-bond acceptors (Lipinski definition) is 7. The summed E-state index contributed by atoms with van der Waals surface area (Å²) < 4.78 is 21.1. The molecule has 2 N–H and O–H groups in total. The summed E-state index contributed by atoms with van der Waals surface area (Å²) in [5.74, 6) is -1.21. The van der Waals surface area contributed by atoms with E-state index in [0.717, 1.165) is 25.7 Å². The Morgan fingerprint density at radius 1 is 1.08 bits per heavy atom. The summed E-state index contributed by atoms with van der Waals surface area (Å²) in [4.78, 5) is 31.8. The van der Waals surface area contributed by atoms with Gasteiger partial charge in [-0.25, -0.2) is 9.07 Å². The number of nitrogens with zero attached hydrogens (tertiary/aromatic N) is 5. The predicted molar refractivity (Wildman–Crippen MR) is 131 cm³/mol. The zero-order valence-electron chi connectivity index (χ0n) is 20.0. The molecule has 188 valence electrons. The van der Waals surface area contributed by atoms with Gasteiger partial charge in [0.05, 0.1) is 42.7 Å². The maximum absolute atomic E-state index is 14.3. The molecule has 1 aliphatic heterocycles. The molecule has 0 unspecified atom stereocenters. The van der Waals surface area contributed by atoms with Crippen molar-refractivity contribution in [3.8, 4) is 5.69 Å². The van der Waals surface area contributed by atoms with Gasteiger partial charge in [-0.15, -0.1) is 5.10 Å². The van der Waals surface area contributed by atoms with E-state index in [1.54, 1.807) is 25.3 Å². The number of benzene rings is 1. The zero-order chi connectivity index (χ0) is 25.1. The lowest BCUT2D eigenvalue weighted by molar-refractivity contribution is 0.0932. The molecule has 1 aliphatic carbocycles. The van der Waals surface area contributed by atoms with Crippen LogP contribution in [-0.4, -0.2) is 64.1 Å². The normalized spacial score (nSPS) is 16.2. The molecule has 0 bridgehead atoms. The lowest BCUT2D eigenvalue weighted by Crippen LogP contribution is -2.36. The Morgan fingerprint density at radius 2 is 1.86 bits per heavy atom. The van der Waals surface area contributed by atoms with Crippen LogP contribution in [0.5, 0.6) is 0 Å². The van der Waals surface area contributed by atoms with Gasteiger partial charge in [0.25, 0.3) is 11.8 Å². The number of nitrogens with one attached hydrogen (secondary N) is 2. The van der Waals surface area contributed by atoms with Crippen molar-refractivity contribution in [2.75, 3.05) is 36.5 Å². The van der Waals surface area contributed by atoms with Gasteiger partial charge >= 0.3 is 0 Å². The first kappa shape index (κ1) is 23.9. The molecule has 3 heterocycles. The van der Waals surface area contributed by atoms with Gasteiger partial charge in [-0.05, 0) is 44.0 Å². The van der Waals surface area contributed by atoms with E-state index in [2.05, 4.69) is 25.9 Å². The number of pyridine rings is 1. The molecular formula is C25H28FN7O3. The first-order chi connectivity index (χ1) is 17.5. The molecule has 0 atom stereocenters. The molecule has 2 amide bonds. The average molecular weight is 494 g/mol. The van der Waals surface area contributed by atoms with Crippen LogP contribution in [0, 0.1) is 12.7 Å². The van der Waals surface area contributed by atoms with Gasteiger partial charge in [-0.1, -0.05) is 18.1 Å². The van der Waals surface area contributed by atoms with Gasteiger partial charge in [-0.2, -0.15) is 0 Å². The van der Waals surface area contributed by atoms with Gasteiger partial charge in [0.1, 0.15) is 5.82 Å². The van der Waals surface area contributed by atoms with E-state index >= 15 is 0 Å². The fourth-order valence-electron chi connectivity index (χ4n) is 4.55. The Labute approximate surface area is 207 Å². The molecule has 1 saturated carbocycles. The number of carbonyl (C=O) groups is 2. The minimum absolute atomic E-state index is 0.177. The van der Waals surface area contributed by atoms with Gasteiger partial charge in [0.15, 0.2) is 5.69 Å². The second kappa shape index (κ2) is 10.4. The molecular weight excluding hydrogens is 465 g/mol. The van der Waals surface area contributed by atoms with Crippen LogP contribution in [0.4, 0.5) is 15.8 Å². The average Bonchev–Trinajstić information content (AvgIpc) is 3.58. The topological polar surface area (TPSA) is 114 Å². The smallest absolute Gasteiger partial charge is 0.273 e. The van der Waals surface area contributed by atoms with E-state index in [1.165, 1.54) is 23.0 Å². The fourth-order valence-corrected chi connectivity index (χ4v) is 4.55. The summed E-state index contributed by atoms with van der Waals surface area (Å²) in [5, 5.41) is 13.9. The van der Waals surface area contributed by atoms with Crippen molar-refractivity contribution in [2.45, 2.75) is 38.6 Å². The van der Waals surface area contributed by atoms with Gasteiger partial charge in [-0.3, -0.25) is 14.6 Å². The quantitative estimate of drug-likeness (QED) is 0.543. The summed E-state index contributed by atoms with van der Waals surface area (Å²) >= 11 is 0. The summed E-state index contributed by atoms with van der Waals surface area (Å²) in [6.45, 7) is 4.18. The lowest BCUT2D eigenvalue weighted by atomic mass is 10.1. The molecule has 10 nitrogen and oxygen atoms in total. The standard InChI is InChI=1S/C25H28FN7O3/c1-16-23(33-15-22(30-31-33)25(35)28-19-4-2-3-5-19)13-20(14-27-16)29-24(34)17-10-18(26)12-21(11-17)32-6-8-36-9-7-32/h10-15,19H,2-9H2,1H3,(H,28,35)(H,29,34). The number of halogens is 1. The van der Waals surface area contributed by atoms with Crippen molar-refractivity contribution in [1.82, 2.24) is 25.3 Å². The number of morpholine rings is 1. The maximum Gasteiger partial charge on any atom is 0.273 e. The minimum Gasteiger partial charge on any atom is -0.378 e. The van der Waals surface area contributed by atoms with Crippen molar-refractivity contribution >= 4 is 23.2 Å². The molecule has 11 heteroatoms. The SMILES string of the molecule is Cc1ncc(NC(=O)c2cc(F)cc(N3CCOCC3)c2)cc1-n1cc(C(=O)NC2CCCC2)nn1. The Hall–Kier alpha value is -3.86. The van der Waals surface area contributed by atoms with E-state index in [1.807, 2.05) is 4.90 Å². The second-order valence-electron chi connectivity index (χ2n) is 9.08. The zero-order valence-corrected chi connectivity index (χ0v) is 20.0. The lowest BCUT2D eigenvalue weighted by Gasteiger charge is -2.29. The van der Waals surface area contributed by atoms with Gasteiger partial charge in [0.2, 0.25) is 0 Å². The summed E-state index contributed by atoms with van der Waals surface area (Å²) in [7, 11) is 0. The van der Waals surface area contributed by atoms with Crippen molar-refractivity contribution in [1.29, 1.82) is 0 Å². The Balaban J connectivity index is 1.32. The van der Waals surface area contributed by atoms with Crippen molar-refractivity contribution in [2.24, 2.45) is 0 Å². The number of amides is 2. The number of rotatable bonds is 6. The highest BCUT2D eigenvalue weighted by atomic mass is 19.1. The highest BCUT2D eigenvalue weighted by Crippen LogP contribution is 2.22. The van der Waals surface area contributed by atoms with Gasteiger partial charge in [0, 0.05) is 30.4 Å². The minimum atomic E-state index is -0.488. The van der Waals surface area contributed by atoms with E-state index in [9.17, 15) is 14.0 Å². The molecule has 0 radical (unpaired) electrons. The molecule has 1 aromatic carbocycles. The maximum atomic E-state index is 14.3. The Bertz CT molecular complexity index is 1270. The van der Waals surface area contributed by atoms with Crippen molar-refractivity contribution in [3.63, 3.8) is 0 Å². The third-order valence-corrected chi connectivity index (χ3v) is 6.50. The number of anilines is 2. The number of aryl methyl sites for hydroxylation is 1. The first-order valence-corrected chi connectivity index (χ1v) is 12.1. The van der Waals surface area contributed by atoms with E-state index in [4.69, 9.17) is 4.74 Å². The van der Waals surface area contributed by atoms with Crippen LogP contribution in [0.2, 0.25) is 0 Å². The third kappa shape index (κ3) is 5.35. The van der Waals surface area contributed by atoms with Gasteiger partial charge < -0.3 is 20.3 Å². The molecule has 0 spiro atoms. The van der Waals surface area contributed by atoms with Crippen LogP contribution < -0.4 is 15.5 Å². The summed E-state index contributed by atoms with van der Waals surface area (Å²) in [6, 6.07) is 6.15. The van der Waals surface area contributed by atoms with Crippen molar-refractivity contribution < 1.29 is 18.7 Å². The largest absolute Gasteiger partial charge is 0.378 e. The first-order valence-electron chi connectivity index (χ1n) is 12.1. The fraction of sp³-hybridized carbons (Fsp3) is 0.400. The van der Waals surface area contributed by atoms with Crippen LogP contribution in [0.25, 0.3) is 5.69 Å². The van der Waals surface area contributed by atoms with E-state index in [0.29, 0.717) is 49.1 Å². The molecule has 3 aromatic rings. The number of ether oxygens (including phenoxy) is 1. The molecule has 5 rings (SSSR count). The Morgan fingerprint density at radius 3 is 2.64 bits per heavy atom.